The Bertz CT molecular complexity index is 684. The number of aromatic nitrogens is 1. The summed E-state index contributed by atoms with van der Waals surface area (Å²) < 4.78 is 0. The van der Waals surface area contributed by atoms with Crippen LogP contribution in [-0.2, 0) is 6.42 Å². The molecule has 0 aliphatic carbocycles. The van der Waals surface area contributed by atoms with Gasteiger partial charge < -0.3 is 15.0 Å². The van der Waals surface area contributed by atoms with Gasteiger partial charge in [0, 0.05) is 37.1 Å². The monoisotopic (exact) mass is 308 g/mol. The molecule has 0 bridgehead atoms. The van der Waals surface area contributed by atoms with E-state index < -0.39 is 0 Å². The van der Waals surface area contributed by atoms with Gasteiger partial charge in [-0.3, -0.25) is 4.79 Å². The first kappa shape index (κ1) is 16.0. The Hall–Kier alpha value is -1.36. The van der Waals surface area contributed by atoms with E-state index in [2.05, 4.69) is 16.0 Å². The fraction of sp³-hybridized carbons (Fsp3) is 0.438. The van der Waals surface area contributed by atoms with Gasteiger partial charge in [-0.1, -0.05) is 12.1 Å². The molecule has 1 aromatic carbocycles. The van der Waals surface area contributed by atoms with Crippen molar-refractivity contribution < 1.29 is 5.11 Å². The molecule has 3 rings (SSSR count). The number of aliphatic hydroxyl groups excluding tert-OH is 1. The van der Waals surface area contributed by atoms with Gasteiger partial charge in [0.05, 0.1) is 6.10 Å². The first-order valence-corrected chi connectivity index (χ1v) is 7.15. The molecular weight excluding hydrogens is 288 g/mol. The van der Waals surface area contributed by atoms with Gasteiger partial charge in [0.1, 0.15) is 0 Å². The highest BCUT2D eigenvalue weighted by molar-refractivity contribution is 5.85. The van der Waals surface area contributed by atoms with Crippen molar-refractivity contribution in [3.05, 3.63) is 45.9 Å². The zero-order chi connectivity index (χ0) is 14.1. The Balaban J connectivity index is 0.00000161. The van der Waals surface area contributed by atoms with E-state index in [1.54, 1.807) is 0 Å². The van der Waals surface area contributed by atoms with Crippen LogP contribution in [0.15, 0.2) is 29.1 Å². The van der Waals surface area contributed by atoms with Crippen molar-refractivity contribution in [3.8, 4) is 0 Å². The number of benzene rings is 1. The molecule has 1 aromatic heterocycles. The number of fused-ring (bicyclic) bond motifs is 1. The standard InChI is InChI=1S/C16H20N2O2.ClH/c1-11-3-2-4-14-15(11)9-12(17-16(14)20)5-7-18-8-6-13(19)10-18;/h2-4,9,13,19H,5-8,10H2,1H3,(H,17,20);1H/t13-;/m1./s1. The maximum Gasteiger partial charge on any atom is 0.256 e. The van der Waals surface area contributed by atoms with Crippen LogP contribution in [0.1, 0.15) is 17.7 Å². The lowest BCUT2D eigenvalue weighted by molar-refractivity contribution is 0.176. The van der Waals surface area contributed by atoms with Gasteiger partial charge in [0.15, 0.2) is 0 Å². The van der Waals surface area contributed by atoms with Crippen molar-refractivity contribution in [1.82, 2.24) is 9.88 Å². The molecule has 0 unspecified atom stereocenters. The van der Waals surface area contributed by atoms with Gasteiger partial charge in [0.25, 0.3) is 5.56 Å². The van der Waals surface area contributed by atoms with E-state index in [4.69, 9.17) is 0 Å². The number of aliphatic hydroxyl groups is 1. The number of likely N-dealkylation sites (tertiary alicyclic amines) is 1. The van der Waals surface area contributed by atoms with Crippen molar-refractivity contribution in [2.24, 2.45) is 0 Å². The first-order valence-electron chi connectivity index (χ1n) is 7.15. The predicted molar refractivity (Wildman–Crippen MR) is 87.3 cm³/mol. The minimum atomic E-state index is -0.187. The van der Waals surface area contributed by atoms with Crippen LogP contribution in [0.25, 0.3) is 10.8 Å². The summed E-state index contributed by atoms with van der Waals surface area (Å²) in [5.74, 6) is 0. The zero-order valence-electron chi connectivity index (χ0n) is 12.1. The van der Waals surface area contributed by atoms with Crippen molar-refractivity contribution in [2.45, 2.75) is 25.9 Å². The lowest BCUT2D eigenvalue weighted by Crippen LogP contribution is -2.25. The van der Waals surface area contributed by atoms with E-state index in [-0.39, 0.29) is 24.1 Å². The van der Waals surface area contributed by atoms with E-state index >= 15 is 0 Å². The lowest BCUT2D eigenvalue weighted by Gasteiger charge is -2.14. The molecule has 0 spiro atoms. The second kappa shape index (κ2) is 6.60. The molecule has 114 valence electrons. The van der Waals surface area contributed by atoms with Crippen molar-refractivity contribution >= 4 is 23.2 Å². The molecule has 2 aromatic rings. The fourth-order valence-electron chi connectivity index (χ4n) is 2.92. The smallest absolute Gasteiger partial charge is 0.256 e. The first-order chi connectivity index (χ1) is 9.63. The third-order valence-electron chi connectivity index (χ3n) is 4.11. The number of aromatic amines is 1. The Morgan fingerprint density at radius 3 is 2.90 bits per heavy atom. The normalized spacial score (nSPS) is 18.9. The summed E-state index contributed by atoms with van der Waals surface area (Å²) in [6, 6.07) is 7.89. The van der Waals surface area contributed by atoms with Crippen LogP contribution in [0.3, 0.4) is 0 Å². The average Bonchev–Trinajstić information content (AvgIpc) is 2.84. The Morgan fingerprint density at radius 2 is 2.19 bits per heavy atom. The van der Waals surface area contributed by atoms with Crippen LogP contribution in [0.5, 0.6) is 0 Å². The molecule has 1 atom stereocenters. The molecule has 0 amide bonds. The quantitative estimate of drug-likeness (QED) is 0.910. The SMILES string of the molecule is Cc1cccc2c(=O)[nH]c(CCN3CC[C@@H](O)C3)cc12.Cl. The molecule has 2 N–H and O–H groups in total. The number of nitrogens with one attached hydrogen (secondary N) is 1. The summed E-state index contributed by atoms with van der Waals surface area (Å²) in [4.78, 5) is 17.3. The molecule has 1 fully saturated rings. The molecule has 1 aliphatic rings. The van der Waals surface area contributed by atoms with Crippen LogP contribution in [0, 0.1) is 6.92 Å². The van der Waals surface area contributed by atoms with Gasteiger partial charge in [0.2, 0.25) is 0 Å². The summed E-state index contributed by atoms with van der Waals surface area (Å²) in [6.45, 7) is 4.60. The number of hydrogen-bond donors (Lipinski definition) is 2. The summed E-state index contributed by atoms with van der Waals surface area (Å²) in [5, 5.41) is 11.3. The molecule has 0 saturated carbocycles. The van der Waals surface area contributed by atoms with E-state index in [1.165, 1.54) is 0 Å². The number of H-pyrrole nitrogens is 1. The number of halogens is 1. The average molecular weight is 309 g/mol. The second-order valence-electron chi connectivity index (χ2n) is 5.65. The maximum absolute atomic E-state index is 12.1. The summed E-state index contributed by atoms with van der Waals surface area (Å²) in [7, 11) is 0. The lowest BCUT2D eigenvalue weighted by atomic mass is 10.1. The van der Waals surface area contributed by atoms with E-state index in [9.17, 15) is 9.90 Å². The number of β-amino-alcohol motifs (C(OH)–C–C–N with tert-alkyl or cyclic N) is 1. The van der Waals surface area contributed by atoms with E-state index in [0.717, 1.165) is 54.5 Å². The highest BCUT2D eigenvalue weighted by Crippen LogP contribution is 2.16. The second-order valence-corrected chi connectivity index (χ2v) is 5.65. The maximum atomic E-state index is 12.1. The number of rotatable bonds is 3. The van der Waals surface area contributed by atoms with Crippen molar-refractivity contribution in [1.29, 1.82) is 0 Å². The third kappa shape index (κ3) is 3.46. The predicted octanol–water partition coefficient (Wildman–Crippen LogP) is 1.87. The van der Waals surface area contributed by atoms with Crippen LogP contribution < -0.4 is 5.56 Å². The van der Waals surface area contributed by atoms with Crippen molar-refractivity contribution in [3.63, 3.8) is 0 Å². The van der Waals surface area contributed by atoms with Crippen LogP contribution >= 0.6 is 12.4 Å². The van der Waals surface area contributed by atoms with Crippen molar-refractivity contribution in [2.75, 3.05) is 19.6 Å². The minimum Gasteiger partial charge on any atom is -0.392 e. The Labute approximate surface area is 130 Å². The number of nitrogens with zero attached hydrogens (tertiary/aromatic N) is 1. The molecule has 1 saturated heterocycles. The summed E-state index contributed by atoms with van der Waals surface area (Å²) in [6.07, 6.45) is 1.48. The highest BCUT2D eigenvalue weighted by atomic mass is 35.5. The minimum absolute atomic E-state index is 0. The van der Waals surface area contributed by atoms with E-state index in [0.29, 0.717) is 0 Å². The Morgan fingerprint density at radius 1 is 1.38 bits per heavy atom. The number of hydrogen-bond acceptors (Lipinski definition) is 3. The molecule has 5 heteroatoms. The third-order valence-corrected chi connectivity index (χ3v) is 4.11. The van der Waals surface area contributed by atoms with E-state index in [1.807, 2.05) is 25.1 Å². The molecule has 1 aliphatic heterocycles. The molecular formula is C16H21ClN2O2. The number of aryl methyl sites for hydroxylation is 1. The Kier molecular flexibility index (Phi) is 5.04. The van der Waals surface area contributed by atoms with Crippen LogP contribution in [0.4, 0.5) is 0 Å². The van der Waals surface area contributed by atoms with Gasteiger partial charge in [-0.2, -0.15) is 0 Å². The van der Waals surface area contributed by atoms with Crippen LogP contribution in [-0.4, -0.2) is 40.7 Å². The largest absolute Gasteiger partial charge is 0.392 e. The molecule has 4 nitrogen and oxygen atoms in total. The highest BCUT2D eigenvalue weighted by Gasteiger charge is 2.19. The van der Waals surface area contributed by atoms with Gasteiger partial charge in [-0.05, 0) is 36.4 Å². The molecule has 21 heavy (non-hydrogen) atoms. The van der Waals surface area contributed by atoms with Gasteiger partial charge in [-0.25, -0.2) is 0 Å². The fourth-order valence-corrected chi connectivity index (χ4v) is 2.92. The molecule has 2 heterocycles. The summed E-state index contributed by atoms with van der Waals surface area (Å²) in [5.41, 5.74) is 2.09. The topological polar surface area (TPSA) is 56.3 Å². The number of pyridine rings is 1. The zero-order valence-corrected chi connectivity index (χ0v) is 12.9. The van der Waals surface area contributed by atoms with Crippen LogP contribution in [0.2, 0.25) is 0 Å². The molecule has 0 radical (unpaired) electrons. The summed E-state index contributed by atoms with van der Waals surface area (Å²) >= 11 is 0. The van der Waals surface area contributed by atoms with Gasteiger partial charge >= 0.3 is 0 Å². The van der Waals surface area contributed by atoms with Gasteiger partial charge in [-0.15, -0.1) is 12.4 Å².